The zero-order valence-corrected chi connectivity index (χ0v) is 49.7. The molecular formula is C54H50Cl4I4O5. The summed E-state index contributed by atoms with van der Waals surface area (Å²) in [7, 11) is 2.78. The normalized spacial score (nSPS) is 13.2. The number of fused-ring (bicyclic) bond motifs is 2. The molecule has 0 aromatic heterocycles. The van der Waals surface area contributed by atoms with Gasteiger partial charge >= 0.3 is 5.97 Å². The van der Waals surface area contributed by atoms with Gasteiger partial charge in [0, 0.05) is 22.1 Å². The molecule has 0 saturated carbocycles. The van der Waals surface area contributed by atoms with Crippen LogP contribution in [-0.4, -0.2) is 20.2 Å². The molecule has 352 valence electrons. The van der Waals surface area contributed by atoms with Crippen molar-refractivity contribution in [1.29, 1.82) is 0 Å². The van der Waals surface area contributed by atoms with E-state index in [1.165, 1.54) is 60.6 Å². The average Bonchev–Trinajstić information content (AvgIpc) is 3.35. The van der Waals surface area contributed by atoms with Crippen molar-refractivity contribution in [2.75, 3.05) is 14.2 Å². The highest BCUT2D eigenvalue weighted by Gasteiger charge is 2.33. The van der Waals surface area contributed by atoms with Crippen LogP contribution in [-0.2, 0) is 11.2 Å². The van der Waals surface area contributed by atoms with Gasteiger partial charge in [0.25, 0.3) is 0 Å². The van der Waals surface area contributed by atoms with E-state index >= 15 is 0 Å². The number of aryl methyl sites for hydroxylation is 1. The zero-order valence-electron chi connectivity index (χ0n) is 38.1. The maximum atomic E-state index is 13.0. The van der Waals surface area contributed by atoms with Gasteiger partial charge in [0.15, 0.2) is 11.3 Å². The van der Waals surface area contributed by atoms with Crippen molar-refractivity contribution < 1.29 is 18.7 Å². The second kappa shape index (κ2) is 24.5. The first-order valence-electron chi connectivity index (χ1n) is 22.0. The molecule has 1 heterocycles. The molecule has 4 atom stereocenters. The molecule has 0 N–H and O–H groups in total. The number of hydrogen-bond donors (Lipinski definition) is 0. The van der Waals surface area contributed by atoms with Crippen molar-refractivity contribution in [2.45, 2.75) is 90.4 Å². The Balaban J connectivity index is 0.000000222. The largest absolute Gasteiger partial charge is 0.494 e. The number of benzene rings is 6. The third-order valence-corrected chi connectivity index (χ3v) is 18.0. The number of methoxy groups -OCH3 is 2. The van der Waals surface area contributed by atoms with Crippen LogP contribution in [0.5, 0.6) is 5.75 Å². The van der Waals surface area contributed by atoms with Crippen LogP contribution in [0.15, 0.2) is 100 Å². The van der Waals surface area contributed by atoms with Gasteiger partial charge in [-0.1, -0.05) is 160 Å². The summed E-state index contributed by atoms with van der Waals surface area (Å²) in [6, 6.07) is 33.5. The molecule has 7 rings (SSSR count). The van der Waals surface area contributed by atoms with Crippen molar-refractivity contribution in [3.63, 3.8) is 0 Å². The molecule has 5 aromatic carbocycles. The molecule has 0 fully saturated rings. The van der Waals surface area contributed by atoms with E-state index in [0.717, 1.165) is 9.99 Å². The Bertz CT molecular complexity index is 2910. The summed E-state index contributed by atoms with van der Waals surface area (Å²) in [5, 5.41) is 0.401. The third kappa shape index (κ3) is 11.9. The van der Waals surface area contributed by atoms with Crippen LogP contribution in [0, 0.1) is 14.3 Å². The van der Waals surface area contributed by atoms with Crippen LogP contribution in [0.2, 0.25) is 20.1 Å². The number of carbonyl (C=O) groups is 1. The maximum Gasteiger partial charge on any atom is 0.340 e. The Hall–Kier alpha value is -1.86. The Morgan fingerprint density at radius 3 is 1.79 bits per heavy atom. The summed E-state index contributed by atoms with van der Waals surface area (Å²) < 4.78 is 19.2. The average molecular weight is 1430 g/mol. The highest BCUT2D eigenvalue weighted by atomic mass is 127. The monoisotopic (exact) mass is 1430 g/mol. The van der Waals surface area contributed by atoms with Gasteiger partial charge in [0.2, 0.25) is 5.43 Å². The van der Waals surface area contributed by atoms with E-state index in [1.807, 2.05) is 51.2 Å². The first-order valence-corrected chi connectivity index (χ1v) is 27.8. The lowest BCUT2D eigenvalue weighted by Gasteiger charge is -2.27. The molecular weight excluding hydrogens is 1380 g/mol. The minimum atomic E-state index is -0.754. The van der Waals surface area contributed by atoms with Crippen LogP contribution in [0.1, 0.15) is 122 Å². The Kier molecular flexibility index (Phi) is 19.9. The fourth-order valence-corrected chi connectivity index (χ4v) is 13.6. The fraction of sp³-hybridized carbons (Fsp3) is 0.296. The summed E-state index contributed by atoms with van der Waals surface area (Å²) in [5.41, 5.74) is 8.76. The SMILES string of the molecule is CCc1ccc(C(CC(C)c2ccc(C(C)CC)cc2)CC(CC)c2ccccc2)cc1.COC(=O)c1c(Cl)c(Cl)c(Cl)c(Cl)c1-c1c2cc(I)c(=O)c(I)c-2oc2c(I)c(OC)c(I)cc12. The number of rotatable bonds is 14. The van der Waals surface area contributed by atoms with Crippen molar-refractivity contribution in [3.05, 3.63) is 169 Å². The molecule has 5 aromatic rings. The van der Waals surface area contributed by atoms with E-state index in [-0.39, 0.29) is 36.6 Å². The highest BCUT2D eigenvalue weighted by molar-refractivity contribution is 14.1. The quantitative estimate of drug-likeness (QED) is 0.0357. The maximum absolute atomic E-state index is 13.0. The molecule has 1 aliphatic heterocycles. The van der Waals surface area contributed by atoms with Gasteiger partial charge in [-0.25, -0.2) is 4.79 Å². The van der Waals surface area contributed by atoms with Crippen LogP contribution in [0.3, 0.4) is 0 Å². The third-order valence-electron chi connectivity index (χ3n) is 12.6. The summed E-state index contributed by atoms with van der Waals surface area (Å²) in [5.74, 6) is 2.51. The molecule has 0 spiro atoms. The predicted octanol–water partition coefficient (Wildman–Crippen LogP) is 19.0. The lowest BCUT2D eigenvalue weighted by Crippen LogP contribution is -2.13. The predicted molar refractivity (Wildman–Crippen MR) is 314 cm³/mol. The number of esters is 1. The summed E-state index contributed by atoms with van der Waals surface area (Å²) in [6.45, 7) is 11.6. The lowest BCUT2D eigenvalue weighted by atomic mass is 9.78. The van der Waals surface area contributed by atoms with Crippen LogP contribution < -0.4 is 10.2 Å². The van der Waals surface area contributed by atoms with Gasteiger partial charge in [-0.3, -0.25) is 4.79 Å². The number of ether oxygens (including phenoxy) is 2. The van der Waals surface area contributed by atoms with Crippen LogP contribution in [0.25, 0.3) is 33.4 Å². The van der Waals surface area contributed by atoms with Crippen molar-refractivity contribution in [1.82, 2.24) is 0 Å². The van der Waals surface area contributed by atoms with Crippen molar-refractivity contribution in [2.24, 2.45) is 0 Å². The van der Waals surface area contributed by atoms with Crippen LogP contribution >= 0.6 is 137 Å². The molecule has 1 aliphatic carbocycles. The molecule has 67 heavy (non-hydrogen) atoms. The molecule has 2 aliphatic rings. The van der Waals surface area contributed by atoms with E-state index in [1.54, 1.807) is 13.2 Å². The van der Waals surface area contributed by atoms with E-state index < -0.39 is 5.97 Å². The second-order valence-corrected chi connectivity index (χ2v) is 22.6. The molecule has 0 bridgehead atoms. The van der Waals surface area contributed by atoms with Gasteiger partial charge in [-0.15, -0.1) is 0 Å². The standard InChI is InChI=1S/C32H42.C22H8Cl4I4O5/c1-6-24(4)28-18-20-29(21-19-28)25(5)22-32(31-16-14-26(7-2)15-17-31)23-27(8-3)30-12-10-9-11-13-30;1-33-21-8(28)4-6-9(10-11(22(32)34-2)13(24)15(26)14(25)12(10)23)5-3-7(27)18(31)16(29)19(5)35-20(6)17(21)30/h9-21,24-25,27,32H,6-8,22-23H2,1-5H3;3-4H,1-2H3. The summed E-state index contributed by atoms with van der Waals surface area (Å²) in [4.78, 5) is 25.8. The Labute approximate surface area is 468 Å². The minimum absolute atomic E-state index is 0.00678. The van der Waals surface area contributed by atoms with Crippen molar-refractivity contribution in [3.8, 4) is 28.2 Å². The number of hydrogen-bond acceptors (Lipinski definition) is 5. The topological polar surface area (TPSA) is 65.7 Å². The van der Waals surface area contributed by atoms with Gasteiger partial charge in [-0.2, -0.15) is 0 Å². The molecule has 5 nitrogen and oxygen atoms in total. The Morgan fingerprint density at radius 2 is 1.22 bits per heavy atom. The van der Waals surface area contributed by atoms with Gasteiger partial charge in [-0.05, 0) is 186 Å². The second-order valence-electron chi connectivity index (χ2n) is 16.6. The number of carbonyl (C=O) groups excluding carboxylic acids is 1. The fourth-order valence-electron chi connectivity index (χ4n) is 8.56. The van der Waals surface area contributed by atoms with E-state index in [0.29, 0.717) is 68.0 Å². The van der Waals surface area contributed by atoms with E-state index in [9.17, 15) is 9.59 Å². The van der Waals surface area contributed by atoms with E-state index in [2.05, 4.69) is 159 Å². The molecule has 0 saturated heterocycles. The number of halogens is 8. The molecule has 4 unspecified atom stereocenters. The zero-order chi connectivity index (χ0) is 48.9. The summed E-state index contributed by atoms with van der Waals surface area (Å²) in [6.07, 6.45) is 5.89. The van der Waals surface area contributed by atoms with Crippen molar-refractivity contribution >= 4 is 154 Å². The smallest absolute Gasteiger partial charge is 0.340 e. The highest BCUT2D eigenvalue weighted by Crippen LogP contribution is 2.53. The summed E-state index contributed by atoms with van der Waals surface area (Å²) >= 11 is 34.2. The molecule has 13 heteroatoms. The minimum Gasteiger partial charge on any atom is -0.494 e. The molecule has 0 radical (unpaired) electrons. The first kappa shape index (κ1) is 54.5. The lowest BCUT2D eigenvalue weighted by molar-refractivity contribution is 0.0602. The first-order chi connectivity index (χ1) is 32.0. The molecule has 0 amide bonds. The van der Waals surface area contributed by atoms with Gasteiger partial charge in [0.05, 0.1) is 50.6 Å². The van der Waals surface area contributed by atoms with E-state index in [4.69, 9.17) is 60.3 Å². The van der Waals surface area contributed by atoms with Gasteiger partial charge in [0.1, 0.15) is 9.32 Å². The van der Waals surface area contributed by atoms with Crippen LogP contribution in [0.4, 0.5) is 0 Å². The van der Waals surface area contributed by atoms with Gasteiger partial charge < -0.3 is 13.9 Å². The Morgan fingerprint density at radius 1 is 0.642 bits per heavy atom.